The van der Waals surface area contributed by atoms with E-state index in [1.165, 1.54) is 29.2 Å². The van der Waals surface area contributed by atoms with Gasteiger partial charge in [-0.15, -0.1) is 0 Å². The van der Waals surface area contributed by atoms with Gasteiger partial charge in [0.25, 0.3) is 0 Å². The smallest absolute Gasteiger partial charge is 0.435 e. The summed E-state index contributed by atoms with van der Waals surface area (Å²) in [6.07, 6.45) is -9.81. The van der Waals surface area contributed by atoms with Gasteiger partial charge in [-0.2, -0.15) is 26.3 Å². The molecule has 0 aromatic heterocycles. The first-order valence-electron chi connectivity index (χ1n) is 14.9. The Morgan fingerprint density at radius 3 is 2.18 bits per heavy atom. The molecule has 0 bridgehead atoms. The van der Waals surface area contributed by atoms with E-state index < -0.39 is 56.6 Å². The monoisotopic (exact) mass is 665 g/mol. The molecule has 1 aliphatic carbocycles. The van der Waals surface area contributed by atoms with E-state index in [1.54, 1.807) is 6.92 Å². The lowest BCUT2D eigenvalue weighted by molar-refractivity contribution is -0.348. The summed E-state index contributed by atoms with van der Waals surface area (Å²) in [5.74, 6) is -0.426. The van der Waals surface area contributed by atoms with Crippen LogP contribution in [0, 0.1) is 11.8 Å². The maximum Gasteiger partial charge on any atom is 0.435 e. The number of hydrogen-bond donors (Lipinski definition) is 0. The van der Waals surface area contributed by atoms with Gasteiger partial charge in [0.1, 0.15) is 22.9 Å². The molecule has 1 saturated carbocycles. The molecule has 2 aliphatic heterocycles. The van der Waals surface area contributed by atoms with Crippen molar-refractivity contribution >= 4 is 15.7 Å². The molecule has 1 amide bonds. The van der Waals surface area contributed by atoms with Gasteiger partial charge >= 0.3 is 18.0 Å². The molecule has 0 radical (unpaired) electrons. The van der Waals surface area contributed by atoms with Gasteiger partial charge in [-0.25, -0.2) is 12.8 Å². The lowest BCUT2D eigenvalue weighted by Crippen LogP contribution is -2.64. The van der Waals surface area contributed by atoms with E-state index in [1.807, 2.05) is 0 Å². The maximum atomic E-state index is 15.0. The molecule has 0 spiro atoms. The topological polar surface area (TPSA) is 72.9 Å². The van der Waals surface area contributed by atoms with Crippen molar-refractivity contribution in [1.29, 1.82) is 0 Å². The Balaban J connectivity index is 1.67. The molecule has 0 N–H and O–H groups in total. The van der Waals surface area contributed by atoms with Gasteiger partial charge in [-0.3, -0.25) is 4.79 Å². The van der Waals surface area contributed by atoms with Crippen molar-refractivity contribution in [3.8, 4) is 11.5 Å². The highest BCUT2D eigenvalue weighted by Gasteiger charge is 2.74. The van der Waals surface area contributed by atoms with E-state index in [4.69, 9.17) is 9.47 Å². The fourth-order valence-electron chi connectivity index (χ4n) is 7.04. The SMILES string of the molecule is CCOc1ccc(S(=O)(=O)C23CCCN(C(=O)C4CCC(C)CC4)C2COc2cc(C(F)(C(F)(F)F)C(F)(F)F)ccc23)cc1. The highest BCUT2D eigenvalue weighted by atomic mass is 32.2. The van der Waals surface area contributed by atoms with Crippen LogP contribution >= 0.6 is 0 Å². The molecule has 2 aromatic carbocycles. The molecule has 2 unspecified atom stereocenters. The van der Waals surface area contributed by atoms with Gasteiger partial charge in [0.05, 0.1) is 17.5 Å². The molecule has 2 atom stereocenters. The number of halogens is 7. The average molecular weight is 666 g/mol. The Morgan fingerprint density at radius 2 is 1.60 bits per heavy atom. The summed E-state index contributed by atoms with van der Waals surface area (Å²) >= 11 is 0. The van der Waals surface area contributed by atoms with Crippen LogP contribution in [-0.4, -0.2) is 57.4 Å². The zero-order valence-electron chi connectivity index (χ0n) is 24.7. The van der Waals surface area contributed by atoms with Gasteiger partial charge in [-0.1, -0.05) is 19.1 Å². The van der Waals surface area contributed by atoms with Gasteiger partial charge in [0.15, 0.2) is 9.84 Å². The maximum absolute atomic E-state index is 15.0. The highest BCUT2D eigenvalue weighted by Crippen LogP contribution is 2.57. The van der Waals surface area contributed by atoms with Gasteiger partial charge < -0.3 is 14.4 Å². The fourth-order valence-corrected chi connectivity index (χ4v) is 9.38. The quantitative estimate of drug-likeness (QED) is 0.304. The summed E-state index contributed by atoms with van der Waals surface area (Å²) in [5.41, 5.74) is -7.74. The minimum atomic E-state index is -6.37. The second-order valence-electron chi connectivity index (χ2n) is 12.1. The molecule has 2 heterocycles. The van der Waals surface area contributed by atoms with E-state index in [0.29, 0.717) is 37.2 Å². The van der Waals surface area contributed by atoms with Gasteiger partial charge in [0.2, 0.25) is 5.91 Å². The van der Waals surface area contributed by atoms with Crippen LogP contribution in [0.25, 0.3) is 0 Å². The second-order valence-corrected chi connectivity index (χ2v) is 14.3. The standard InChI is InChI=1S/C31H34F7NO5S/c1-3-43-22-10-12-23(13-11-22)45(41,42)28-15-4-16-39(27(40)20-7-5-19(2)6-8-20)26(28)18-44-25-17-21(9-14-24(25)28)29(32,30(33,34)35)31(36,37)38/h9-14,17,19-20,26H,3-8,15-16,18H2,1-2H3. The number of benzene rings is 2. The number of ether oxygens (including phenoxy) is 2. The Labute approximate surface area is 256 Å². The average Bonchev–Trinajstić information content (AvgIpc) is 2.99. The van der Waals surface area contributed by atoms with E-state index in [9.17, 15) is 39.6 Å². The van der Waals surface area contributed by atoms with Crippen LogP contribution in [0.5, 0.6) is 11.5 Å². The van der Waals surface area contributed by atoms with Crippen LogP contribution in [0.4, 0.5) is 30.7 Å². The molecule has 3 aliphatic rings. The molecule has 1 saturated heterocycles. The van der Waals surface area contributed by atoms with Crippen molar-refractivity contribution in [2.45, 2.75) is 86.1 Å². The molecule has 14 heteroatoms. The summed E-state index contributed by atoms with van der Waals surface area (Å²) in [4.78, 5) is 15.2. The van der Waals surface area contributed by atoms with E-state index in [2.05, 4.69) is 6.92 Å². The first-order valence-corrected chi connectivity index (χ1v) is 16.4. The Kier molecular flexibility index (Phi) is 8.63. The Morgan fingerprint density at radius 1 is 0.978 bits per heavy atom. The van der Waals surface area contributed by atoms with E-state index in [0.717, 1.165) is 18.9 Å². The van der Waals surface area contributed by atoms with Crippen molar-refractivity contribution in [2.24, 2.45) is 11.8 Å². The third-order valence-electron chi connectivity index (χ3n) is 9.45. The number of nitrogens with zero attached hydrogens (tertiary/aromatic N) is 1. The first-order chi connectivity index (χ1) is 21.0. The van der Waals surface area contributed by atoms with Crippen molar-refractivity contribution in [3.63, 3.8) is 0 Å². The second kappa shape index (κ2) is 11.6. The fraction of sp³-hybridized carbons (Fsp3) is 0.581. The third kappa shape index (κ3) is 5.34. The van der Waals surface area contributed by atoms with Crippen molar-refractivity contribution < 1.29 is 53.4 Å². The van der Waals surface area contributed by atoms with Crippen LogP contribution in [0.3, 0.4) is 0 Å². The number of rotatable bonds is 6. The zero-order chi connectivity index (χ0) is 33.0. The van der Waals surface area contributed by atoms with Gasteiger partial charge in [0, 0.05) is 23.6 Å². The molecular weight excluding hydrogens is 631 g/mol. The lowest BCUT2D eigenvalue weighted by Gasteiger charge is -2.52. The normalized spacial score (nSPS) is 26.0. The van der Waals surface area contributed by atoms with Crippen molar-refractivity contribution in [3.05, 3.63) is 53.6 Å². The summed E-state index contributed by atoms with van der Waals surface area (Å²) in [6, 6.07) is 5.70. The number of fused-ring (bicyclic) bond motifs is 3. The predicted octanol–water partition coefficient (Wildman–Crippen LogP) is 7.25. The lowest BCUT2D eigenvalue weighted by atomic mass is 9.77. The van der Waals surface area contributed by atoms with Crippen LogP contribution < -0.4 is 9.47 Å². The summed E-state index contributed by atoms with van der Waals surface area (Å²) < 4.78 is 135. The summed E-state index contributed by atoms with van der Waals surface area (Å²) in [5, 5.41) is 0. The molecule has 45 heavy (non-hydrogen) atoms. The number of sulfone groups is 1. The highest BCUT2D eigenvalue weighted by molar-refractivity contribution is 7.92. The van der Waals surface area contributed by atoms with Crippen molar-refractivity contribution in [2.75, 3.05) is 19.8 Å². The number of carbonyl (C=O) groups excluding carboxylic acids is 1. The number of hydrogen-bond acceptors (Lipinski definition) is 5. The van der Waals surface area contributed by atoms with Crippen LogP contribution in [-0.2, 0) is 25.0 Å². The number of amides is 1. The predicted molar refractivity (Wildman–Crippen MR) is 149 cm³/mol. The van der Waals surface area contributed by atoms with E-state index in [-0.39, 0.29) is 47.7 Å². The summed E-state index contributed by atoms with van der Waals surface area (Å²) in [6.45, 7) is 3.81. The minimum Gasteiger partial charge on any atom is -0.494 e. The number of piperidine rings is 1. The molecular formula is C31H34F7NO5S. The Hall–Kier alpha value is -3.03. The Bertz CT molecular complexity index is 1500. The molecule has 248 valence electrons. The van der Waals surface area contributed by atoms with Crippen molar-refractivity contribution in [1.82, 2.24) is 4.90 Å². The van der Waals surface area contributed by atoms with Crippen LogP contribution in [0.1, 0.15) is 63.5 Å². The number of carbonyl (C=O) groups is 1. The van der Waals surface area contributed by atoms with Crippen LogP contribution in [0.15, 0.2) is 47.4 Å². The molecule has 6 nitrogen and oxygen atoms in total. The first kappa shape index (κ1) is 33.3. The number of alkyl halides is 7. The molecule has 5 rings (SSSR count). The van der Waals surface area contributed by atoms with Gasteiger partial charge in [-0.05, 0) is 81.7 Å². The summed E-state index contributed by atoms with van der Waals surface area (Å²) in [7, 11) is -4.51. The zero-order valence-corrected chi connectivity index (χ0v) is 25.5. The number of likely N-dealkylation sites (tertiary alicyclic amines) is 1. The van der Waals surface area contributed by atoms with E-state index >= 15 is 4.39 Å². The van der Waals surface area contributed by atoms with Crippen LogP contribution in [0.2, 0.25) is 0 Å². The molecule has 2 fully saturated rings. The third-order valence-corrected chi connectivity index (χ3v) is 12.0. The molecule has 2 aromatic rings. The minimum absolute atomic E-state index is 0.103. The largest absolute Gasteiger partial charge is 0.494 e.